The summed E-state index contributed by atoms with van der Waals surface area (Å²) in [5.74, 6) is 0. The first-order chi connectivity index (χ1) is 9.85. The maximum Gasteiger partial charge on any atom is 0.417 e. The van der Waals surface area contributed by atoms with E-state index in [0.29, 0.717) is 0 Å². The molecule has 1 radical (unpaired) electrons. The molecule has 0 fully saturated rings. The Morgan fingerprint density at radius 1 is 0.700 bits per heavy atom. The normalized spacial score (nSPS) is 12.3. The van der Waals surface area contributed by atoms with Gasteiger partial charge >= 0.3 is 6.47 Å². The van der Waals surface area contributed by atoms with E-state index < -0.39 is 0 Å². The van der Waals surface area contributed by atoms with E-state index in [1.165, 1.54) is 77.0 Å². The van der Waals surface area contributed by atoms with Crippen LogP contribution in [0.3, 0.4) is 0 Å². The van der Waals surface area contributed by atoms with Crippen LogP contribution in [0.5, 0.6) is 0 Å². The minimum absolute atomic E-state index is 0.116. The van der Waals surface area contributed by atoms with Crippen LogP contribution in [0.2, 0.25) is 0 Å². The molecule has 2 heteroatoms. The van der Waals surface area contributed by atoms with Crippen LogP contribution in [0.15, 0.2) is 0 Å². The first-order valence-corrected chi connectivity index (χ1v) is 8.87. The molecular weight excluding hydrogens is 248 g/mol. The fraction of sp³-hybridized carbons (Fsp3) is 0.944. The predicted octanol–water partition coefficient (Wildman–Crippen LogP) is 5.94. The fourth-order valence-corrected chi connectivity index (χ4v) is 2.63. The Kier molecular flexibility index (Phi) is 16.1. The summed E-state index contributed by atoms with van der Waals surface area (Å²) in [6.45, 7) is 6.12. The number of hydrogen-bond donors (Lipinski definition) is 0. The van der Waals surface area contributed by atoms with Crippen molar-refractivity contribution in [3.05, 3.63) is 0 Å². The summed E-state index contributed by atoms with van der Waals surface area (Å²) in [5, 5.41) is 0. The Morgan fingerprint density at radius 3 is 1.50 bits per heavy atom. The number of carbonyl (C=O) groups excluding carboxylic acids is 1. The molecule has 0 N–H and O–H groups in total. The van der Waals surface area contributed by atoms with Crippen molar-refractivity contribution < 1.29 is 9.53 Å². The Labute approximate surface area is 126 Å². The highest BCUT2D eigenvalue weighted by Crippen LogP contribution is 2.16. The monoisotopic (exact) mass is 283 g/mol. The van der Waals surface area contributed by atoms with Gasteiger partial charge in [-0.1, -0.05) is 78.1 Å². The third kappa shape index (κ3) is 13.9. The van der Waals surface area contributed by atoms with Gasteiger partial charge in [0.15, 0.2) is 0 Å². The fourth-order valence-electron chi connectivity index (χ4n) is 2.63. The van der Waals surface area contributed by atoms with Crippen LogP contribution in [0.1, 0.15) is 104 Å². The Bertz CT molecular complexity index is 192. The molecule has 0 aromatic heterocycles. The highest BCUT2D eigenvalue weighted by Gasteiger charge is 2.09. The van der Waals surface area contributed by atoms with Crippen LogP contribution in [-0.2, 0) is 9.53 Å². The van der Waals surface area contributed by atoms with Gasteiger partial charge in [-0.3, -0.25) is 0 Å². The van der Waals surface area contributed by atoms with Crippen LogP contribution in [0.25, 0.3) is 0 Å². The van der Waals surface area contributed by atoms with Crippen LogP contribution in [0.4, 0.5) is 0 Å². The van der Waals surface area contributed by atoms with Gasteiger partial charge in [0.05, 0.1) is 0 Å². The topological polar surface area (TPSA) is 26.3 Å². The Morgan fingerprint density at radius 2 is 1.10 bits per heavy atom. The van der Waals surface area contributed by atoms with Crippen molar-refractivity contribution >= 4 is 6.47 Å². The molecule has 1 unspecified atom stereocenters. The van der Waals surface area contributed by atoms with Crippen molar-refractivity contribution in [2.24, 2.45) is 0 Å². The third-order valence-corrected chi connectivity index (χ3v) is 3.97. The molecule has 0 aromatic carbocycles. The molecule has 0 aromatic rings. The lowest BCUT2D eigenvalue weighted by atomic mass is 10.0. The molecule has 0 saturated heterocycles. The van der Waals surface area contributed by atoms with Gasteiger partial charge in [-0.2, -0.15) is 0 Å². The first-order valence-electron chi connectivity index (χ1n) is 8.87. The largest absolute Gasteiger partial charge is 0.454 e. The predicted molar refractivity (Wildman–Crippen MR) is 86.6 cm³/mol. The van der Waals surface area contributed by atoms with Gasteiger partial charge in [0.1, 0.15) is 6.10 Å². The lowest BCUT2D eigenvalue weighted by Crippen LogP contribution is -2.12. The molecule has 119 valence electrons. The van der Waals surface area contributed by atoms with E-state index in [1.54, 1.807) is 6.47 Å². The zero-order valence-electron chi connectivity index (χ0n) is 13.8. The van der Waals surface area contributed by atoms with Gasteiger partial charge in [0.25, 0.3) is 0 Å². The third-order valence-electron chi connectivity index (χ3n) is 3.97. The number of rotatable bonds is 16. The quantitative estimate of drug-likeness (QED) is 0.328. The molecular formula is C18H35O2. The summed E-state index contributed by atoms with van der Waals surface area (Å²) >= 11 is 0. The molecule has 2 nitrogen and oxygen atoms in total. The van der Waals surface area contributed by atoms with Crippen LogP contribution in [0, 0.1) is 0 Å². The van der Waals surface area contributed by atoms with Crippen molar-refractivity contribution in [3.8, 4) is 0 Å². The van der Waals surface area contributed by atoms with E-state index in [2.05, 4.69) is 13.8 Å². The maximum atomic E-state index is 10.4. The smallest absolute Gasteiger partial charge is 0.417 e. The number of ether oxygens (including phenoxy) is 1. The van der Waals surface area contributed by atoms with Gasteiger partial charge in [0, 0.05) is 0 Å². The standard InChI is InChI=1S/C18H35O2/c1-3-5-7-9-10-12-14-16-18(20-17-19)15-13-11-8-6-4-2/h18H,3-16H2,1-2H3. The second-order valence-electron chi connectivity index (χ2n) is 5.94. The Balaban J connectivity index is 3.46. The van der Waals surface area contributed by atoms with Gasteiger partial charge in [-0.05, 0) is 25.7 Å². The van der Waals surface area contributed by atoms with E-state index in [-0.39, 0.29) is 6.10 Å². The lowest BCUT2D eigenvalue weighted by Gasteiger charge is -2.14. The van der Waals surface area contributed by atoms with Crippen LogP contribution < -0.4 is 0 Å². The van der Waals surface area contributed by atoms with E-state index in [1.807, 2.05) is 0 Å². The molecule has 0 saturated carbocycles. The Hall–Kier alpha value is -0.530. The molecule has 0 bridgehead atoms. The lowest BCUT2D eigenvalue weighted by molar-refractivity contribution is 0.151. The molecule has 0 aliphatic heterocycles. The van der Waals surface area contributed by atoms with E-state index in [9.17, 15) is 4.79 Å². The molecule has 0 rings (SSSR count). The number of unbranched alkanes of at least 4 members (excludes halogenated alkanes) is 10. The van der Waals surface area contributed by atoms with E-state index in [4.69, 9.17) is 4.74 Å². The van der Waals surface area contributed by atoms with Crippen LogP contribution in [-0.4, -0.2) is 12.6 Å². The molecule has 1 atom stereocenters. The molecule has 0 heterocycles. The van der Waals surface area contributed by atoms with Crippen molar-refractivity contribution in [2.75, 3.05) is 0 Å². The summed E-state index contributed by atoms with van der Waals surface area (Å²) in [6, 6.07) is 0. The summed E-state index contributed by atoms with van der Waals surface area (Å²) in [5.41, 5.74) is 0. The second kappa shape index (κ2) is 16.5. The minimum atomic E-state index is 0.116. The summed E-state index contributed by atoms with van der Waals surface area (Å²) in [4.78, 5) is 10.4. The summed E-state index contributed by atoms with van der Waals surface area (Å²) in [6.07, 6.45) is 17.7. The van der Waals surface area contributed by atoms with Gasteiger partial charge < -0.3 is 4.74 Å². The van der Waals surface area contributed by atoms with Crippen molar-refractivity contribution in [1.82, 2.24) is 0 Å². The molecule has 0 aliphatic rings. The highest BCUT2D eigenvalue weighted by atomic mass is 16.5. The average molecular weight is 283 g/mol. The van der Waals surface area contributed by atoms with Crippen molar-refractivity contribution in [1.29, 1.82) is 0 Å². The van der Waals surface area contributed by atoms with E-state index in [0.717, 1.165) is 12.8 Å². The summed E-state index contributed by atoms with van der Waals surface area (Å²) in [7, 11) is 0. The SMILES string of the molecule is CCCCCCCCCC(CCCCCCC)O[C]=O. The molecule has 0 spiro atoms. The van der Waals surface area contributed by atoms with Gasteiger partial charge in [-0.25, -0.2) is 4.79 Å². The maximum absolute atomic E-state index is 10.4. The van der Waals surface area contributed by atoms with Crippen molar-refractivity contribution in [3.63, 3.8) is 0 Å². The zero-order valence-corrected chi connectivity index (χ0v) is 13.8. The van der Waals surface area contributed by atoms with Crippen molar-refractivity contribution in [2.45, 2.75) is 110 Å². The van der Waals surface area contributed by atoms with E-state index >= 15 is 0 Å². The summed E-state index contributed by atoms with van der Waals surface area (Å²) < 4.78 is 5.09. The zero-order chi connectivity index (χ0) is 14.9. The molecule has 0 amide bonds. The molecule has 20 heavy (non-hydrogen) atoms. The van der Waals surface area contributed by atoms with Crippen LogP contribution >= 0.6 is 0 Å². The first kappa shape index (κ1) is 19.5. The van der Waals surface area contributed by atoms with Gasteiger partial charge in [-0.15, -0.1) is 0 Å². The number of hydrogen-bond acceptors (Lipinski definition) is 2. The highest BCUT2D eigenvalue weighted by molar-refractivity contribution is 5.38. The average Bonchev–Trinajstić information content (AvgIpc) is 2.46. The molecule has 0 aliphatic carbocycles. The van der Waals surface area contributed by atoms with Gasteiger partial charge in [0.2, 0.25) is 0 Å². The second-order valence-corrected chi connectivity index (χ2v) is 5.94. The minimum Gasteiger partial charge on any atom is -0.454 e.